The Morgan fingerprint density at radius 3 is 1.64 bits per heavy atom. The van der Waals surface area contributed by atoms with Crippen molar-refractivity contribution in [2.24, 2.45) is 0 Å². The lowest BCUT2D eigenvalue weighted by Gasteiger charge is -2.25. The lowest BCUT2D eigenvalue weighted by Crippen LogP contribution is -2.09. The summed E-state index contributed by atoms with van der Waals surface area (Å²) < 4.78 is 13.4. The van der Waals surface area contributed by atoms with E-state index in [1.165, 1.54) is 0 Å². The molecule has 0 aliphatic heterocycles. The minimum absolute atomic E-state index is 0.598. The van der Waals surface area contributed by atoms with Crippen molar-refractivity contribution in [3.05, 3.63) is 182 Å². The first kappa shape index (κ1) is 31.0. The molecule has 0 radical (unpaired) electrons. The molecule has 0 fully saturated rings. The zero-order valence-corrected chi connectivity index (χ0v) is 29.4. The quantitative estimate of drug-likeness (QED) is 0.171. The number of aromatic nitrogens is 3. The molecule has 0 atom stereocenters. The van der Waals surface area contributed by atoms with Crippen LogP contribution in [-0.4, -0.2) is 15.0 Å². The molecule has 55 heavy (non-hydrogen) atoms. The normalized spacial score (nSPS) is 11.6. The number of anilines is 3. The standard InChI is InChI=1S/C49H30N4O2/c1-4-15-31(16-5-1)47-50-48(32-17-6-2-7-18-32)52-49(51-47)41-30-40-39-24-14-25-42(46(39)55-45(40)38-23-11-10-21-35(38)41)53(33-19-8-3-9-20-33)34-27-28-37-36-22-12-13-26-43(36)54-44(37)29-34/h1-30H. The second-order valence-corrected chi connectivity index (χ2v) is 13.6. The summed E-state index contributed by atoms with van der Waals surface area (Å²) in [5.41, 5.74) is 8.92. The van der Waals surface area contributed by atoms with Crippen molar-refractivity contribution >= 4 is 71.7 Å². The van der Waals surface area contributed by atoms with E-state index in [1.54, 1.807) is 0 Å². The van der Waals surface area contributed by atoms with Gasteiger partial charge in [-0.15, -0.1) is 0 Å². The Kier molecular flexibility index (Phi) is 7.07. The lowest BCUT2D eigenvalue weighted by atomic mass is 9.99. The third-order valence-corrected chi connectivity index (χ3v) is 10.3. The molecule has 0 N–H and O–H groups in total. The molecule has 0 spiro atoms. The number of fused-ring (bicyclic) bond motifs is 8. The highest BCUT2D eigenvalue weighted by molar-refractivity contribution is 6.20. The average Bonchev–Trinajstić information content (AvgIpc) is 3.83. The van der Waals surface area contributed by atoms with Gasteiger partial charge < -0.3 is 13.7 Å². The summed E-state index contributed by atoms with van der Waals surface area (Å²) >= 11 is 0. The number of furan rings is 2. The summed E-state index contributed by atoms with van der Waals surface area (Å²) in [5, 5.41) is 6.13. The molecule has 6 nitrogen and oxygen atoms in total. The van der Waals surface area contributed by atoms with Crippen LogP contribution in [0.15, 0.2) is 191 Å². The smallest absolute Gasteiger partial charge is 0.164 e. The molecule has 0 saturated heterocycles. The number of nitrogens with zero attached hydrogens (tertiary/aromatic N) is 4. The SMILES string of the molecule is c1ccc(-c2nc(-c3ccccc3)nc(-c3cc4c5cccc(N(c6ccccc6)c6ccc7c(c6)oc6ccccc67)c5oc4c4ccccc34)n2)cc1. The Balaban J connectivity index is 1.15. The summed E-state index contributed by atoms with van der Waals surface area (Å²) in [5.74, 6) is 1.84. The number of benzene rings is 8. The van der Waals surface area contributed by atoms with Crippen LogP contribution in [0.25, 0.3) is 88.8 Å². The van der Waals surface area contributed by atoms with Crippen LogP contribution in [0.5, 0.6) is 0 Å². The fraction of sp³-hybridized carbons (Fsp3) is 0. The maximum Gasteiger partial charge on any atom is 0.164 e. The monoisotopic (exact) mass is 706 g/mol. The zero-order valence-electron chi connectivity index (χ0n) is 29.4. The highest BCUT2D eigenvalue weighted by atomic mass is 16.3. The highest BCUT2D eigenvalue weighted by Gasteiger charge is 2.23. The van der Waals surface area contributed by atoms with Gasteiger partial charge in [0.2, 0.25) is 0 Å². The van der Waals surface area contributed by atoms with Crippen LogP contribution in [0.1, 0.15) is 0 Å². The molecule has 0 bridgehead atoms. The number of para-hydroxylation sites is 3. The summed E-state index contributed by atoms with van der Waals surface area (Å²) in [6.07, 6.45) is 0. The zero-order chi connectivity index (χ0) is 36.3. The van der Waals surface area contributed by atoms with Crippen molar-refractivity contribution < 1.29 is 8.83 Å². The van der Waals surface area contributed by atoms with Crippen LogP contribution >= 0.6 is 0 Å². The number of hydrogen-bond acceptors (Lipinski definition) is 6. The molecular weight excluding hydrogens is 677 g/mol. The van der Waals surface area contributed by atoms with Gasteiger partial charge in [0.15, 0.2) is 23.1 Å². The Hall–Kier alpha value is -7.57. The van der Waals surface area contributed by atoms with Gasteiger partial charge in [-0.1, -0.05) is 133 Å². The van der Waals surface area contributed by atoms with Crippen molar-refractivity contribution in [2.75, 3.05) is 4.90 Å². The first-order valence-corrected chi connectivity index (χ1v) is 18.3. The summed E-state index contributed by atoms with van der Waals surface area (Å²) in [4.78, 5) is 17.4. The molecule has 3 aromatic heterocycles. The first-order valence-electron chi connectivity index (χ1n) is 18.3. The summed E-state index contributed by atoms with van der Waals surface area (Å²) in [6.45, 7) is 0. The second kappa shape index (κ2) is 12.5. The van der Waals surface area contributed by atoms with Crippen molar-refractivity contribution in [3.63, 3.8) is 0 Å². The topological polar surface area (TPSA) is 68.2 Å². The van der Waals surface area contributed by atoms with Crippen LogP contribution in [-0.2, 0) is 0 Å². The molecule has 3 heterocycles. The molecule has 11 aromatic rings. The van der Waals surface area contributed by atoms with E-state index in [2.05, 4.69) is 102 Å². The van der Waals surface area contributed by atoms with Crippen LogP contribution in [0, 0.1) is 0 Å². The molecular formula is C49H30N4O2. The number of rotatable bonds is 6. The third kappa shape index (κ3) is 5.15. The van der Waals surface area contributed by atoms with Gasteiger partial charge >= 0.3 is 0 Å². The van der Waals surface area contributed by atoms with Gasteiger partial charge in [-0.25, -0.2) is 15.0 Å². The van der Waals surface area contributed by atoms with Crippen molar-refractivity contribution in [1.82, 2.24) is 15.0 Å². The Morgan fingerprint density at radius 1 is 0.345 bits per heavy atom. The van der Waals surface area contributed by atoms with E-state index in [0.717, 1.165) is 88.4 Å². The van der Waals surface area contributed by atoms with Crippen LogP contribution in [0.3, 0.4) is 0 Å². The van der Waals surface area contributed by atoms with E-state index < -0.39 is 0 Å². The maximum atomic E-state index is 7.02. The molecule has 0 aliphatic rings. The summed E-state index contributed by atoms with van der Waals surface area (Å²) in [7, 11) is 0. The minimum Gasteiger partial charge on any atom is -0.456 e. The lowest BCUT2D eigenvalue weighted by molar-refractivity contribution is 0.668. The largest absolute Gasteiger partial charge is 0.456 e. The van der Waals surface area contributed by atoms with E-state index in [9.17, 15) is 0 Å². The van der Waals surface area contributed by atoms with Crippen molar-refractivity contribution in [2.45, 2.75) is 0 Å². The first-order chi connectivity index (χ1) is 27.3. The van der Waals surface area contributed by atoms with Crippen LogP contribution in [0.4, 0.5) is 17.1 Å². The molecule has 0 saturated carbocycles. The van der Waals surface area contributed by atoms with Crippen molar-refractivity contribution in [1.29, 1.82) is 0 Å². The fourth-order valence-electron chi connectivity index (χ4n) is 7.75. The van der Waals surface area contributed by atoms with E-state index in [0.29, 0.717) is 17.5 Å². The molecule has 0 aliphatic carbocycles. The van der Waals surface area contributed by atoms with Gasteiger partial charge in [0.1, 0.15) is 16.7 Å². The second-order valence-electron chi connectivity index (χ2n) is 13.6. The van der Waals surface area contributed by atoms with Gasteiger partial charge in [0.05, 0.1) is 11.4 Å². The van der Waals surface area contributed by atoms with Crippen molar-refractivity contribution in [3.8, 4) is 34.2 Å². The Bertz CT molecular complexity index is 3150. The van der Waals surface area contributed by atoms with Crippen LogP contribution in [0.2, 0.25) is 0 Å². The highest BCUT2D eigenvalue weighted by Crippen LogP contribution is 2.46. The molecule has 8 aromatic carbocycles. The van der Waals surface area contributed by atoms with Crippen LogP contribution < -0.4 is 4.90 Å². The van der Waals surface area contributed by atoms with E-state index in [4.69, 9.17) is 23.8 Å². The Labute approximate surface area is 315 Å². The van der Waals surface area contributed by atoms with E-state index in [1.807, 2.05) is 84.9 Å². The van der Waals surface area contributed by atoms with Gasteiger partial charge in [-0.3, -0.25) is 0 Å². The van der Waals surface area contributed by atoms with Gasteiger partial charge in [-0.2, -0.15) is 0 Å². The average molecular weight is 707 g/mol. The fourth-order valence-corrected chi connectivity index (χ4v) is 7.75. The number of hydrogen-bond donors (Lipinski definition) is 0. The molecule has 6 heteroatoms. The predicted molar refractivity (Wildman–Crippen MR) is 223 cm³/mol. The maximum absolute atomic E-state index is 7.02. The van der Waals surface area contributed by atoms with Gasteiger partial charge in [0, 0.05) is 55.4 Å². The van der Waals surface area contributed by atoms with Gasteiger partial charge in [0.25, 0.3) is 0 Å². The minimum atomic E-state index is 0.598. The van der Waals surface area contributed by atoms with E-state index in [-0.39, 0.29) is 0 Å². The molecule has 258 valence electrons. The predicted octanol–water partition coefficient (Wildman–Crippen LogP) is 13.3. The molecule has 11 rings (SSSR count). The summed E-state index contributed by atoms with van der Waals surface area (Å²) in [6, 6.07) is 62.0. The van der Waals surface area contributed by atoms with E-state index >= 15 is 0 Å². The third-order valence-electron chi connectivity index (χ3n) is 10.3. The Morgan fingerprint density at radius 2 is 0.909 bits per heavy atom. The van der Waals surface area contributed by atoms with Gasteiger partial charge in [-0.05, 0) is 47.9 Å². The molecule has 0 amide bonds. The molecule has 0 unspecified atom stereocenters.